The second kappa shape index (κ2) is 11.8. The minimum Gasteiger partial charge on any atom is -0.444 e. The van der Waals surface area contributed by atoms with Crippen LogP contribution in [-0.2, 0) is 14.3 Å². The van der Waals surface area contributed by atoms with Crippen LogP contribution in [0.15, 0.2) is 29.2 Å². The molecule has 0 unspecified atom stereocenters. The molecule has 3 amide bonds. The molecule has 2 aliphatic carbocycles. The van der Waals surface area contributed by atoms with Crippen LogP contribution >= 0.6 is 0 Å². The topological polar surface area (TPSA) is 159 Å². The monoisotopic (exact) mass is 474 g/mol. The first-order valence-corrected chi connectivity index (χ1v) is 11.7. The maximum Gasteiger partial charge on any atom is 0.411 e. The Morgan fingerprint density at radius 1 is 1.12 bits per heavy atom. The van der Waals surface area contributed by atoms with Gasteiger partial charge in [-0.2, -0.15) is 0 Å². The Hall–Kier alpha value is -3.17. The molecule has 0 aromatic heterocycles. The molecule has 34 heavy (non-hydrogen) atoms. The predicted molar refractivity (Wildman–Crippen MR) is 131 cm³/mol. The third-order valence-electron chi connectivity index (χ3n) is 5.34. The Kier molecular flexibility index (Phi) is 9.40. The van der Waals surface area contributed by atoms with E-state index in [9.17, 15) is 14.4 Å². The number of alkyl carbamates (subject to hydrolysis) is 1. The third kappa shape index (κ3) is 8.99. The Balaban J connectivity index is 2.20. The van der Waals surface area contributed by atoms with E-state index in [1.54, 1.807) is 20.8 Å². The van der Waals surface area contributed by atoms with Gasteiger partial charge in [-0.1, -0.05) is 0 Å². The third-order valence-corrected chi connectivity index (χ3v) is 5.34. The zero-order valence-corrected chi connectivity index (χ0v) is 20.7. The molecule has 2 rings (SSSR count). The van der Waals surface area contributed by atoms with E-state index >= 15 is 0 Å². The summed E-state index contributed by atoms with van der Waals surface area (Å²) in [5.41, 5.74) is 5.02. The number of aliphatic imine (C=N–C) groups is 1. The second-order valence-electron chi connectivity index (χ2n) is 10.1. The van der Waals surface area contributed by atoms with Crippen molar-refractivity contribution >= 4 is 29.8 Å². The van der Waals surface area contributed by atoms with Crippen LogP contribution in [0.3, 0.4) is 0 Å². The van der Waals surface area contributed by atoms with Gasteiger partial charge in [0.05, 0.1) is 5.70 Å². The van der Waals surface area contributed by atoms with Gasteiger partial charge in [-0.05, 0) is 90.3 Å². The molecule has 0 aromatic carbocycles. The maximum atomic E-state index is 13.3. The number of carbonyl (C=O) groups is 3. The van der Waals surface area contributed by atoms with Gasteiger partial charge in [0.2, 0.25) is 5.91 Å². The van der Waals surface area contributed by atoms with E-state index in [0.717, 1.165) is 31.9 Å². The largest absolute Gasteiger partial charge is 0.444 e. The quantitative estimate of drug-likeness (QED) is 0.290. The van der Waals surface area contributed by atoms with E-state index in [2.05, 4.69) is 20.9 Å². The molecular formula is C24H38N6O4. The van der Waals surface area contributed by atoms with Gasteiger partial charge < -0.3 is 26.5 Å². The lowest BCUT2D eigenvalue weighted by Gasteiger charge is -2.27. The molecule has 2 fully saturated rings. The van der Waals surface area contributed by atoms with E-state index in [1.165, 1.54) is 18.5 Å². The zero-order valence-electron chi connectivity index (χ0n) is 20.7. The van der Waals surface area contributed by atoms with Gasteiger partial charge in [-0.25, -0.2) is 4.79 Å². The van der Waals surface area contributed by atoms with Crippen molar-refractivity contribution in [2.75, 3.05) is 0 Å². The van der Waals surface area contributed by atoms with Crippen LogP contribution in [0.4, 0.5) is 4.79 Å². The molecule has 188 valence electrons. The highest BCUT2D eigenvalue weighted by Crippen LogP contribution is 2.50. The summed E-state index contributed by atoms with van der Waals surface area (Å²) in [5.74, 6) is -0.192. The first-order chi connectivity index (χ1) is 15.9. The van der Waals surface area contributed by atoms with Gasteiger partial charge in [0, 0.05) is 18.5 Å². The van der Waals surface area contributed by atoms with Gasteiger partial charge >= 0.3 is 6.09 Å². The lowest BCUT2D eigenvalue weighted by molar-refractivity contribution is -0.127. The number of amides is 3. The van der Waals surface area contributed by atoms with Gasteiger partial charge in [0.25, 0.3) is 5.91 Å². The number of ether oxygens (including phenoxy) is 1. The molecule has 0 radical (unpaired) electrons. The molecule has 2 saturated carbocycles. The first kappa shape index (κ1) is 27.1. The van der Waals surface area contributed by atoms with Crippen molar-refractivity contribution < 1.29 is 19.1 Å². The highest BCUT2D eigenvalue weighted by atomic mass is 16.6. The van der Waals surface area contributed by atoms with Crippen LogP contribution in [0.5, 0.6) is 0 Å². The Morgan fingerprint density at radius 3 is 2.15 bits per heavy atom. The summed E-state index contributed by atoms with van der Waals surface area (Å²) in [6.07, 6.45) is 8.14. The van der Waals surface area contributed by atoms with E-state index in [4.69, 9.17) is 15.9 Å². The normalized spacial score (nSPS) is 18.1. The SMILES string of the molecule is CC(C)N=C(C=CN)C(=O)N[C@H](C(=O)N/C(C=N)=C/NC(=O)OC(C)(C)C)C(C1CC1)C1CC1. The number of nitrogens with two attached hydrogens (primary N) is 1. The number of hydrogen-bond acceptors (Lipinski definition) is 7. The van der Waals surface area contributed by atoms with Crippen molar-refractivity contribution in [1.82, 2.24) is 16.0 Å². The molecule has 0 bridgehead atoms. The van der Waals surface area contributed by atoms with Crippen LogP contribution in [-0.4, -0.2) is 47.5 Å². The highest BCUT2D eigenvalue weighted by Gasteiger charge is 2.48. The molecular weight excluding hydrogens is 436 g/mol. The average Bonchev–Trinajstić information content (AvgIpc) is 3.63. The molecule has 10 heteroatoms. The van der Waals surface area contributed by atoms with Gasteiger partial charge in [0.1, 0.15) is 17.4 Å². The number of nitrogens with one attached hydrogen (secondary N) is 4. The summed E-state index contributed by atoms with van der Waals surface area (Å²) in [6, 6.07) is -0.931. The fourth-order valence-electron chi connectivity index (χ4n) is 3.77. The fourth-order valence-corrected chi connectivity index (χ4v) is 3.77. The molecule has 10 nitrogen and oxygen atoms in total. The van der Waals surface area contributed by atoms with Crippen LogP contribution < -0.4 is 21.7 Å². The number of hydrogen-bond donors (Lipinski definition) is 5. The van der Waals surface area contributed by atoms with Crippen LogP contribution in [0.1, 0.15) is 60.3 Å². The van der Waals surface area contributed by atoms with E-state index in [-0.39, 0.29) is 23.4 Å². The minimum atomic E-state index is -0.805. The van der Waals surface area contributed by atoms with Crippen molar-refractivity contribution in [3.8, 4) is 0 Å². The standard InChI is InChI=1S/C24H38N6O4/c1-14(2)28-18(10-11-25)21(31)30-20(19(15-6-7-15)16-8-9-16)22(32)29-17(12-26)13-27-23(33)34-24(3,4)5/h10-16,19-20,26H,6-9,25H2,1-5H3,(H,27,33)(H,29,32)(H,30,31)/b11-10?,17-13+,26-12?,28-18?/t20-/m0/s1. The summed E-state index contributed by atoms with van der Waals surface area (Å²) in [4.78, 5) is 42.6. The average molecular weight is 475 g/mol. The number of carbonyl (C=O) groups excluding carboxylic acids is 3. The number of allylic oxidation sites excluding steroid dienone is 1. The summed E-state index contributed by atoms with van der Waals surface area (Å²) in [6.45, 7) is 8.89. The Bertz CT molecular complexity index is 851. The van der Waals surface area contributed by atoms with Gasteiger partial charge in [0.15, 0.2) is 0 Å². The number of rotatable bonds is 11. The lowest BCUT2D eigenvalue weighted by Crippen LogP contribution is -2.53. The van der Waals surface area contributed by atoms with E-state index in [0.29, 0.717) is 11.8 Å². The molecule has 0 aromatic rings. The summed E-state index contributed by atoms with van der Waals surface area (Å²) in [7, 11) is 0. The fraction of sp³-hybridized carbons (Fsp3) is 0.625. The van der Waals surface area contributed by atoms with Crippen molar-refractivity contribution in [2.45, 2.75) is 78.0 Å². The summed E-state index contributed by atoms with van der Waals surface area (Å²) in [5, 5.41) is 15.6. The smallest absolute Gasteiger partial charge is 0.411 e. The minimum absolute atomic E-state index is 0.00287. The molecule has 0 aliphatic heterocycles. The van der Waals surface area contributed by atoms with Gasteiger partial charge in [-0.3, -0.25) is 19.9 Å². The second-order valence-corrected chi connectivity index (χ2v) is 10.1. The molecule has 0 spiro atoms. The Morgan fingerprint density at radius 2 is 1.71 bits per heavy atom. The van der Waals surface area contributed by atoms with E-state index < -0.39 is 29.6 Å². The Labute approximate surface area is 201 Å². The van der Waals surface area contributed by atoms with Crippen molar-refractivity contribution in [1.29, 1.82) is 5.41 Å². The number of nitrogens with zero attached hydrogens (tertiary/aromatic N) is 1. The van der Waals surface area contributed by atoms with Crippen molar-refractivity contribution in [3.05, 3.63) is 24.2 Å². The lowest BCUT2D eigenvalue weighted by atomic mass is 9.88. The van der Waals surface area contributed by atoms with Crippen LogP contribution in [0.2, 0.25) is 0 Å². The molecule has 2 aliphatic rings. The van der Waals surface area contributed by atoms with Crippen LogP contribution in [0, 0.1) is 23.2 Å². The molecule has 0 saturated heterocycles. The zero-order chi connectivity index (χ0) is 25.5. The summed E-state index contributed by atoms with van der Waals surface area (Å²) < 4.78 is 5.17. The summed E-state index contributed by atoms with van der Waals surface area (Å²) >= 11 is 0. The first-order valence-electron chi connectivity index (χ1n) is 11.7. The van der Waals surface area contributed by atoms with Gasteiger partial charge in [-0.15, -0.1) is 0 Å². The molecule has 0 heterocycles. The predicted octanol–water partition coefficient (Wildman–Crippen LogP) is 2.36. The van der Waals surface area contributed by atoms with Crippen molar-refractivity contribution in [2.24, 2.45) is 28.5 Å². The molecule has 1 atom stereocenters. The van der Waals surface area contributed by atoms with Crippen molar-refractivity contribution in [3.63, 3.8) is 0 Å². The highest BCUT2D eigenvalue weighted by molar-refractivity contribution is 6.43. The molecule has 6 N–H and O–H groups in total. The van der Waals surface area contributed by atoms with Crippen LogP contribution in [0.25, 0.3) is 0 Å². The maximum absolute atomic E-state index is 13.3. The van der Waals surface area contributed by atoms with E-state index in [1.807, 2.05) is 13.8 Å².